The Labute approximate surface area is 197 Å². The molecule has 0 atom stereocenters. The summed E-state index contributed by atoms with van der Waals surface area (Å²) in [5.41, 5.74) is 0. The third-order valence-corrected chi connectivity index (χ3v) is 0. The van der Waals surface area contributed by atoms with Crippen LogP contribution in [0.1, 0.15) is 0 Å². The van der Waals surface area contributed by atoms with Crippen LogP contribution in [0.5, 0.6) is 0 Å². The molecule has 0 spiro atoms. The molecule has 24 nitrogen and oxygen atoms in total. The molecule has 0 saturated carbocycles. The van der Waals surface area contributed by atoms with Gasteiger partial charge in [0.15, 0.2) is 17.4 Å². The molecule has 0 bridgehead atoms. The van der Waals surface area contributed by atoms with Gasteiger partial charge in [0.1, 0.15) is 0 Å². The van der Waals surface area contributed by atoms with Gasteiger partial charge in [0.2, 0.25) is 0 Å². The molecule has 33 heavy (non-hydrogen) atoms. The Bertz CT molecular complexity index is 142. The summed E-state index contributed by atoms with van der Waals surface area (Å²) in [6, 6.07) is 0. The maximum Gasteiger partial charge on any atom is 0.631 e. The van der Waals surface area contributed by atoms with E-state index in [2.05, 4.69) is 0 Å². The van der Waals surface area contributed by atoms with Crippen LogP contribution in [0.25, 0.3) is 0 Å². The Kier molecular flexibility index (Phi) is 95.1. The van der Waals surface area contributed by atoms with Gasteiger partial charge in [0, 0.05) is 0 Å². The minimum Gasteiger partial charge on any atom is -0.402 e. The number of hydrogen-bond donors (Lipinski definition) is 24. The lowest BCUT2D eigenvalue weighted by molar-refractivity contribution is 0.276. The van der Waals surface area contributed by atoms with E-state index in [-0.39, 0.29) is 17.4 Å². The molecule has 33 heteroatoms. The Morgan fingerprint density at radius 2 is 0.152 bits per heavy atom. The smallest absolute Gasteiger partial charge is 0.402 e. The predicted molar refractivity (Wildman–Crippen MR) is 109 cm³/mol. The molecular weight excluding hydrogens is 497 g/mol. The van der Waals surface area contributed by atoms with Crippen molar-refractivity contribution in [2.75, 3.05) is 0 Å². The molecule has 0 saturated heterocycles. The lowest BCUT2D eigenvalue weighted by Crippen LogP contribution is -2.07. The minimum atomic E-state index is -2.17. The molecule has 0 aliphatic heterocycles. The van der Waals surface area contributed by atoms with Crippen molar-refractivity contribution in [1.29, 1.82) is 0 Å². The Hall–Kier alpha value is 0.0919. The van der Waals surface area contributed by atoms with Crippen molar-refractivity contribution in [1.82, 2.24) is 0 Å². The van der Waals surface area contributed by atoms with Crippen molar-refractivity contribution in [2.24, 2.45) is 0 Å². The third kappa shape index (κ3) is 3440000. The predicted octanol–water partition coefficient (Wildman–Crippen LogP) is -17.6. The minimum absolute atomic E-state index is 0. The molecule has 0 heterocycles. The van der Waals surface area contributed by atoms with Crippen molar-refractivity contribution in [3.8, 4) is 0 Å². The highest BCUT2D eigenvalue weighted by Gasteiger charge is 1.95. The molecule has 0 aliphatic rings. The van der Waals surface area contributed by atoms with E-state index in [9.17, 15) is 0 Å². The van der Waals surface area contributed by atoms with E-state index in [1.54, 1.807) is 0 Å². The summed E-state index contributed by atoms with van der Waals surface area (Å²) < 4.78 is 0. The van der Waals surface area contributed by atoms with Crippen LogP contribution in [0.4, 0.5) is 0 Å². The lowest BCUT2D eigenvalue weighted by atomic mass is 10.3. The van der Waals surface area contributed by atoms with Crippen molar-refractivity contribution in [3.63, 3.8) is 0 Å². The van der Waals surface area contributed by atoms with Crippen LogP contribution in [0.3, 0.4) is 0 Å². The maximum atomic E-state index is 7.17. The summed E-state index contributed by atoms with van der Waals surface area (Å²) in [6.45, 7) is 0. The third-order valence-electron chi connectivity index (χ3n) is 0. The Balaban J connectivity index is -0.0000000284. The summed E-state index contributed by atoms with van der Waals surface area (Å²) in [4.78, 5) is 0. The zero-order valence-corrected chi connectivity index (χ0v) is 15.4. The van der Waals surface area contributed by atoms with E-state index in [4.69, 9.17) is 121 Å². The molecule has 0 unspecified atom stereocenters. The van der Waals surface area contributed by atoms with E-state index in [0.29, 0.717) is 0 Å². The average molecular weight is 525 g/mol. The zero-order chi connectivity index (χ0) is 28.6. The Morgan fingerprint density at radius 3 is 0.152 bits per heavy atom. The maximum absolute atomic E-state index is 7.17. The van der Waals surface area contributed by atoms with Gasteiger partial charge in [-0.15, -0.1) is 0 Å². The second-order valence-electron chi connectivity index (χ2n) is 2.77. The quantitative estimate of drug-likeness (QED) is 0.131. The summed E-state index contributed by atoms with van der Waals surface area (Å²) >= 11 is 0. The molecule has 0 fully saturated rings. The molecule has 24 N–H and O–H groups in total. The van der Waals surface area contributed by atoms with Crippen molar-refractivity contribution in [3.05, 3.63) is 0 Å². The molecule has 0 radical (unpaired) electrons. The first-order valence-corrected chi connectivity index (χ1v) is 6.20. The van der Waals surface area contributed by atoms with Gasteiger partial charge in [-0.25, -0.2) is 0 Å². The zero-order valence-electron chi connectivity index (χ0n) is 15.4. The van der Waals surface area contributed by atoms with Gasteiger partial charge in [-0.05, 0) is 0 Å². The molecule has 0 aromatic carbocycles. The van der Waals surface area contributed by atoms with Crippen molar-refractivity contribution in [2.45, 2.75) is 0 Å². The fourth-order valence-electron chi connectivity index (χ4n) is 0. The van der Waals surface area contributed by atoms with E-state index < -0.39 is 58.6 Å². The summed E-state index contributed by atoms with van der Waals surface area (Å²) in [5.74, 6) is 0. The highest BCUT2D eigenvalue weighted by Crippen LogP contribution is 1.42. The van der Waals surface area contributed by atoms with Gasteiger partial charge in [0.25, 0.3) is 0 Å². The van der Waals surface area contributed by atoms with Crippen molar-refractivity contribution < 1.29 is 121 Å². The highest BCUT2D eigenvalue weighted by molar-refractivity contribution is 6.32. The van der Waals surface area contributed by atoms with E-state index in [1.165, 1.54) is 0 Å². The van der Waals surface area contributed by atoms with Gasteiger partial charge >= 0.3 is 58.6 Å². The molecule has 0 aromatic rings. The standard InChI is InChI=1S/Al.8BH3O3.3H/c;8*2-1(3)4;;;/h;8*2-4H;;;. The molecule has 0 amide bonds. The number of rotatable bonds is 0. The first-order valence-electron chi connectivity index (χ1n) is 6.20. The van der Waals surface area contributed by atoms with E-state index in [1.807, 2.05) is 0 Å². The summed E-state index contributed by atoms with van der Waals surface area (Å²) in [7, 11) is -17.3. The lowest BCUT2D eigenvalue weighted by Gasteiger charge is -1.69. The van der Waals surface area contributed by atoms with Crippen LogP contribution in [-0.2, 0) is 0 Å². The van der Waals surface area contributed by atoms with Crippen LogP contribution in [-0.4, -0.2) is 197 Å². The van der Waals surface area contributed by atoms with Gasteiger partial charge in [-0.3, -0.25) is 0 Å². The van der Waals surface area contributed by atoms with Crippen LogP contribution in [0, 0.1) is 0 Å². The fourth-order valence-corrected chi connectivity index (χ4v) is 0. The van der Waals surface area contributed by atoms with Gasteiger partial charge < -0.3 is 121 Å². The molecule has 0 aromatic heterocycles. The Morgan fingerprint density at radius 1 is 0.152 bits per heavy atom. The van der Waals surface area contributed by atoms with Gasteiger partial charge in [-0.2, -0.15) is 0 Å². The number of hydrogen-bond acceptors (Lipinski definition) is 24. The van der Waals surface area contributed by atoms with Crippen LogP contribution in [0.15, 0.2) is 0 Å². The average Bonchev–Trinajstić information content (AvgIpc) is 2.30. The molecule has 0 aliphatic carbocycles. The van der Waals surface area contributed by atoms with E-state index in [0.717, 1.165) is 0 Å². The van der Waals surface area contributed by atoms with Crippen LogP contribution in [0.2, 0.25) is 0 Å². The SMILES string of the molecule is OB(O)O.OB(O)O.OB(O)O.OB(O)O.OB(O)O.OB(O)O.OB(O)O.OB(O)O.[AlH3]. The summed E-state index contributed by atoms with van der Waals surface area (Å²) in [6.07, 6.45) is 0. The van der Waals surface area contributed by atoms with E-state index >= 15 is 0 Å². The molecule has 0 rings (SSSR count). The van der Waals surface area contributed by atoms with Gasteiger partial charge in [-0.1, -0.05) is 0 Å². The van der Waals surface area contributed by atoms with Crippen LogP contribution < -0.4 is 0 Å². The molecular formula is H27AlB8O24. The monoisotopic (exact) mass is 526 g/mol. The second-order valence-corrected chi connectivity index (χ2v) is 2.77. The summed E-state index contributed by atoms with van der Waals surface area (Å²) in [5, 5.41) is 172. The molecule has 198 valence electrons. The van der Waals surface area contributed by atoms with Crippen molar-refractivity contribution >= 4 is 75.9 Å². The fraction of sp³-hybridized carbons (Fsp3) is 0. The second kappa shape index (κ2) is 53.5. The first-order chi connectivity index (χ1) is 13.9. The first kappa shape index (κ1) is 58.7. The van der Waals surface area contributed by atoms with Gasteiger partial charge in [0.05, 0.1) is 0 Å². The van der Waals surface area contributed by atoms with Crippen LogP contribution >= 0.6 is 0 Å². The largest absolute Gasteiger partial charge is 0.631 e. The topological polar surface area (TPSA) is 486 Å². The highest BCUT2D eigenvalue weighted by atomic mass is 27.0. The normalized spacial score (nSPS) is 6.55.